The van der Waals surface area contributed by atoms with Crippen LogP contribution >= 0.6 is 0 Å². The minimum atomic E-state index is -1.46. The smallest absolute Gasteiger partial charge is 0.335 e. The molecule has 0 amide bonds. The monoisotopic (exact) mass is 169 g/mol. The van der Waals surface area contributed by atoms with E-state index in [1.54, 1.807) is 14.1 Å². The summed E-state index contributed by atoms with van der Waals surface area (Å²) in [5.41, 5.74) is -0.513. The normalized spacial score (nSPS) is 14.2. The van der Waals surface area contributed by atoms with Crippen molar-refractivity contribution in [2.45, 2.75) is 0 Å². The zero-order valence-corrected chi connectivity index (χ0v) is 6.80. The van der Waals surface area contributed by atoms with Gasteiger partial charge in [0.15, 0.2) is 0 Å². The highest BCUT2D eigenvalue weighted by molar-refractivity contribution is 5.88. The van der Waals surface area contributed by atoms with Crippen LogP contribution in [0.4, 0.5) is 5.69 Å². The van der Waals surface area contributed by atoms with Crippen LogP contribution in [0.5, 0.6) is 0 Å². The van der Waals surface area contributed by atoms with E-state index in [0.29, 0.717) is 0 Å². The Morgan fingerprint density at radius 2 is 1.92 bits per heavy atom. The summed E-state index contributed by atoms with van der Waals surface area (Å²) in [5, 5.41) is 8.80. The summed E-state index contributed by atoms with van der Waals surface area (Å²) in [6, 6.07) is -1.75. The van der Waals surface area contributed by atoms with Crippen LogP contribution in [0.2, 0.25) is 0 Å². The fourth-order valence-corrected chi connectivity index (χ4v) is 0.636. The van der Waals surface area contributed by atoms with E-state index in [4.69, 9.17) is 10.6 Å². The first kappa shape index (κ1) is 4.50. The molecule has 12 heavy (non-hydrogen) atoms. The molecule has 1 rings (SSSR count). The average Bonchev–Trinajstić information content (AvgIpc) is 2.14. The van der Waals surface area contributed by atoms with E-state index < -0.39 is 23.6 Å². The molecule has 0 heterocycles. The number of hydrogen-bond acceptors (Lipinski definition) is 2. The highest BCUT2D eigenvalue weighted by Gasteiger charge is 2.01. The average molecular weight is 169 g/mol. The summed E-state index contributed by atoms with van der Waals surface area (Å²) in [7, 11) is 3.15. The van der Waals surface area contributed by atoms with Gasteiger partial charge in [0, 0.05) is 19.8 Å². The fourth-order valence-electron chi connectivity index (χ4n) is 0.636. The zero-order chi connectivity index (χ0) is 12.6. The summed E-state index contributed by atoms with van der Waals surface area (Å²) in [5.74, 6) is -1.46. The van der Waals surface area contributed by atoms with Gasteiger partial charge in [-0.15, -0.1) is 0 Å². The highest BCUT2D eigenvalue weighted by Crippen LogP contribution is 2.11. The number of rotatable bonds is 2. The molecule has 1 aromatic carbocycles. The summed E-state index contributed by atoms with van der Waals surface area (Å²) in [6.45, 7) is 0. The van der Waals surface area contributed by atoms with E-state index in [9.17, 15) is 4.79 Å². The Morgan fingerprint density at radius 1 is 1.42 bits per heavy atom. The van der Waals surface area contributed by atoms with E-state index in [2.05, 4.69) is 0 Å². The second-order valence-corrected chi connectivity index (χ2v) is 2.42. The van der Waals surface area contributed by atoms with Crippen molar-refractivity contribution >= 4 is 11.7 Å². The van der Waals surface area contributed by atoms with Gasteiger partial charge in [-0.3, -0.25) is 0 Å². The van der Waals surface area contributed by atoms with Crippen LogP contribution in [0.3, 0.4) is 0 Å². The van der Waals surface area contributed by atoms with Gasteiger partial charge in [0.25, 0.3) is 0 Å². The topological polar surface area (TPSA) is 40.5 Å². The number of benzene rings is 1. The lowest BCUT2D eigenvalue weighted by atomic mass is 10.2. The van der Waals surface area contributed by atoms with Crippen molar-refractivity contribution in [2.75, 3.05) is 19.0 Å². The predicted molar refractivity (Wildman–Crippen MR) is 47.7 cm³/mol. The number of carbonyl (C=O) groups is 1. The molecule has 0 unspecified atom stereocenters. The fraction of sp³-hybridized carbons (Fsp3) is 0.222. The Hall–Kier alpha value is -1.51. The molecule has 3 nitrogen and oxygen atoms in total. The molecule has 0 bridgehead atoms. The zero-order valence-electron chi connectivity index (χ0n) is 10.8. The number of nitrogens with zero attached hydrogens (tertiary/aromatic N) is 1. The van der Waals surface area contributed by atoms with Crippen molar-refractivity contribution in [3.8, 4) is 0 Å². The summed E-state index contributed by atoms with van der Waals surface area (Å²) in [6.07, 6.45) is 0. The maximum atomic E-state index is 10.8. The van der Waals surface area contributed by atoms with Crippen LogP contribution < -0.4 is 4.90 Å². The van der Waals surface area contributed by atoms with Gasteiger partial charge in [-0.2, -0.15) is 0 Å². The minimum absolute atomic E-state index is 0.0833. The first-order valence-electron chi connectivity index (χ1n) is 5.30. The maximum Gasteiger partial charge on any atom is 0.335 e. The molecule has 64 valence electrons. The Bertz CT molecular complexity index is 430. The molecule has 0 spiro atoms. The third-order valence-electron chi connectivity index (χ3n) is 1.27. The molecule has 1 aromatic rings. The molecule has 0 saturated heterocycles. The largest absolute Gasteiger partial charge is 0.478 e. The lowest BCUT2D eigenvalue weighted by Crippen LogP contribution is -2.08. The van der Waals surface area contributed by atoms with E-state index in [1.807, 2.05) is 0 Å². The van der Waals surface area contributed by atoms with Crippen molar-refractivity contribution in [1.82, 2.24) is 0 Å². The summed E-state index contributed by atoms with van der Waals surface area (Å²) >= 11 is 0. The second-order valence-electron chi connectivity index (χ2n) is 2.42. The lowest BCUT2D eigenvalue weighted by Gasteiger charge is -2.11. The first-order valence-corrected chi connectivity index (χ1v) is 3.30. The van der Waals surface area contributed by atoms with Gasteiger partial charge in [0.2, 0.25) is 0 Å². The van der Waals surface area contributed by atoms with E-state index in [-0.39, 0.29) is 17.8 Å². The maximum absolute atomic E-state index is 10.8. The highest BCUT2D eigenvalue weighted by atomic mass is 16.4. The summed E-state index contributed by atoms with van der Waals surface area (Å²) < 4.78 is 30.2. The van der Waals surface area contributed by atoms with Gasteiger partial charge >= 0.3 is 5.97 Å². The molecule has 0 aliphatic carbocycles. The molecule has 0 atom stereocenters. The van der Waals surface area contributed by atoms with Crippen molar-refractivity contribution in [3.05, 3.63) is 29.7 Å². The number of carboxylic acid groups (broad SMARTS) is 1. The van der Waals surface area contributed by atoms with E-state index >= 15 is 0 Å². The molecular formula is C9H11NO2. The number of carboxylic acids is 1. The van der Waals surface area contributed by atoms with Crippen LogP contribution in [0.15, 0.2) is 24.2 Å². The third kappa shape index (κ3) is 1.75. The van der Waals surface area contributed by atoms with Crippen molar-refractivity contribution in [2.24, 2.45) is 0 Å². The number of aromatic carboxylic acids is 1. The van der Waals surface area contributed by atoms with Gasteiger partial charge in [-0.1, -0.05) is 0 Å². The van der Waals surface area contributed by atoms with Gasteiger partial charge in [-0.25, -0.2) is 4.79 Å². The minimum Gasteiger partial charge on any atom is -0.478 e. The Labute approximate surface area is 76.9 Å². The van der Waals surface area contributed by atoms with Crippen molar-refractivity contribution < 1.29 is 15.4 Å². The van der Waals surface area contributed by atoms with E-state index in [1.165, 1.54) is 4.90 Å². The van der Waals surface area contributed by atoms with Crippen LogP contribution in [-0.2, 0) is 0 Å². The predicted octanol–water partition coefficient (Wildman–Crippen LogP) is 1.45. The van der Waals surface area contributed by atoms with Crippen molar-refractivity contribution in [3.63, 3.8) is 0 Å². The van der Waals surface area contributed by atoms with Gasteiger partial charge in [0.05, 0.1) is 11.0 Å². The third-order valence-corrected chi connectivity index (χ3v) is 1.27. The van der Waals surface area contributed by atoms with Gasteiger partial charge in [0.1, 0.15) is 0 Å². The van der Waals surface area contributed by atoms with E-state index in [0.717, 1.165) is 0 Å². The quantitative estimate of drug-likeness (QED) is 0.728. The molecule has 0 aliphatic heterocycles. The van der Waals surface area contributed by atoms with Gasteiger partial charge < -0.3 is 10.0 Å². The van der Waals surface area contributed by atoms with Crippen LogP contribution in [0.25, 0.3) is 0 Å². The lowest BCUT2D eigenvalue weighted by molar-refractivity contribution is 0.0697. The Balaban J connectivity index is 3.70. The first-order chi connectivity index (χ1) is 7.29. The molecule has 0 radical (unpaired) electrons. The molecular weight excluding hydrogens is 154 g/mol. The molecule has 3 heteroatoms. The molecule has 0 saturated carbocycles. The Kier molecular flexibility index (Phi) is 1.22. The SMILES string of the molecule is [2H]c1c([2H])c(N(C)C)c([2H])c([2H])c1C(=O)O. The van der Waals surface area contributed by atoms with Gasteiger partial charge in [-0.05, 0) is 24.2 Å². The van der Waals surface area contributed by atoms with Crippen molar-refractivity contribution in [1.29, 1.82) is 0 Å². The van der Waals surface area contributed by atoms with Crippen LogP contribution in [0, 0.1) is 0 Å². The molecule has 0 fully saturated rings. The number of hydrogen-bond donors (Lipinski definition) is 1. The van der Waals surface area contributed by atoms with Crippen LogP contribution in [0.1, 0.15) is 15.8 Å². The second kappa shape index (κ2) is 3.26. The summed E-state index contributed by atoms with van der Waals surface area (Å²) in [4.78, 5) is 12.2. The van der Waals surface area contributed by atoms with Crippen LogP contribution in [-0.4, -0.2) is 25.2 Å². The molecule has 0 aliphatic rings. The number of anilines is 1. The molecule has 0 aromatic heterocycles. The molecule has 1 N–H and O–H groups in total. The standard InChI is InChI=1S/C9H11NO2/c1-10(2)8-5-3-7(4-6-8)9(11)12/h3-6H,1-2H3,(H,11,12)/i3D,4D,5D,6D. The Morgan fingerprint density at radius 3 is 2.25 bits per heavy atom.